The zero-order valence-corrected chi connectivity index (χ0v) is 14.8. The van der Waals surface area contributed by atoms with Crippen molar-refractivity contribution in [3.05, 3.63) is 72.8 Å². The topological polar surface area (TPSA) is 52.6 Å². The first-order chi connectivity index (χ1) is 12.1. The van der Waals surface area contributed by atoms with E-state index in [9.17, 15) is 9.59 Å². The molecule has 0 fully saturated rings. The van der Waals surface area contributed by atoms with Crippen molar-refractivity contribution in [3.8, 4) is 11.5 Å². The van der Waals surface area contributed by atoms with Gasteiger partial charge in [0.25, 0.3) is 0 Å². The Morgan fingerprint density at radius 1 is 0.720 bits per heavy atom. The van der Waals surface area contributed by atoms with Gasteiger partial charge in [-0.15, -0.1) is 0 Å². The largest absolute Gasteiger partial charge is 0.423 e. The third kappa shape index (κ3) is 6.31. The van der Waals surface area contributed by atoms with Crippen molar-refractivity contribution in [2.24, 2.45) is 0 Å². The molecule has 2 rings (SSSR count). The highest BCUT2D eigenvalue weighted by Crippen LogP contribution is 2.30. The Kier molecular flexibility index (Phi) is 7.04. The van der Waals surface area contributed by atoms with Crippen molar-refractivity contribution in [1.82, 2.24) is 0 Å². The molecule has 0 radical (unpaired) electrons. The number of benzene rings is 2. The van der Waals surface area contributed by atoms with E-state index in [0.717, 1.165) is 9.79 Å². The molecule has 25 heavy (non-hydrogen) atoms. The Bertz CT molecular complexity index is 707. The van der Waals surface area contributed by atoms with Gasteiger partial charge in [-0.3, -0.25) is 0 Å². The minimum atomic E-state index is -0.397. The summed E-state index contributed by atoms with van der Waals surface area (Å²) in [7, 11) is 0. The number of hydrogen-bond donors (Lipinski definition) is 0. The van der Waals surface area contributed by atoms with Crippen LogP contribution in [0.15, 0.2) is 82.6 Å². The first-order valence-electron chi connectivity index (χ1n) is 7.67. The van der Waals surface area contributed by atoms with E-state index >= 15 is 0 Å². The average Bonchev–Trinajstić information content (AvgIpc) is 2.59. The maximum atomic E-state index is 11.4. The van der Waals surface area contributed by atoms with Crippen LogP contribution in [0.4, 0.5) is 0 Å². The van der Waals surface area contributed by atoms with Crippen molar-refractivity contribution in [1.29, 1.82) is 0 Å². The quantitative estimate of drug-likeness (QED) is 0.424. The van der Waals surface area contributed by atoms with Crippen LogP contribution in [0.3, 0.4) is 0 Å². The molecule has 0 spiro atoms. The van der Waals surface area contributed by atoms with E-state index in [1.165, 1.54) is 12.2 Å². The number of esters is 2. The van der Waals surface area contributed by atoms with Crippen molar-refractivity contribution in [3.63, 3.8) is 0 Å². The molecule has 128 valence electrons. The molecule has 0 N–H and O–H groups in total. The second-order valence-corrected chi connectivity index (χ2v) is 6.03. The zero-order valence-electron chi connectivity index (χ0n) is 14.0. The number of allylic oxidation sites excluding steroid dienone is 2. The number of carbonyl (C=O) groups is 2. The van der Waals surface area contributed by atoms with E-state index in [1.54, 1.807) is 62.0 Å². The van der Waals surface area contributed by atoms with Crippen LogP contribution in [0.2, 0.25) is 0 Å². The fraction of sp³-hybridized carbons (Fsp3) is 0.100. The Labute approximate surface area is 151 Å². The second-order valence-electron chi connectivity index (χ2n) is 4.89. The maximum Gasteiger partial charge on any atom is 0.335 e. The molecule has 4 nitrogen and oxygen atoms in total. The van der Waals surface area contributed by atoms with Crippen LogP contribution in [0.1, 0.15) is 13.8 Å². The van der Waals surface area contributed by atoms with E-state index < -0.39 is 11.9 Å². The van der Waals surface area contributed by atoms with Crippen molar-refractivity contribution in [2.75, 3.05) is 0 Å². The number of carbonyl (C=O) groups excluding carboxylic acids is 2. The maximum absolute atomic E-state index is 11.4. The minimum Gasteiger partial charge on any atom is -0.423 e. The Hall–Kier alpha value is -2.79. The van der Waals surface area contributed by atoms with E-state index in [4.69, 9.17) is 9.47 Å². The minimum absolute atomic E-state index is 0.397. The average molecular weight is 354 g/mol. The van der Waals surface area contributed by atoms with Crippen LogP contribution in [0, 0.1) is 0 Å². The van der Waals surface area contributed by atoms with E-state index in [1.807, 2.05) is 24.3 Å². The van der Waals surface area contributed by atoms with Gasteiger partial charge in [0.2, 0.25) is 0 Å². The molecule has 0 heterocycles. The van der Waals surface area contributed by atoms with Crippen molar-refractivity contribution in [2.45, 2.75) is 23.6 Å². The van der Waals surface area contributed by atoms with E-state index in [-0.39, 0.29) is 0 Å². The van der Waals surface area contributed by atoms with Crippen LogP contribution < -0.4 is 9.47 Å². The molecule has 2 aromatic rings. The van der Waals surface area contributed by atoms with Crippen molar-refractivity contribution >= 4 is 23.7 Å². The molecular formula is C20H18O4S. The molecule has 0 bridgehead atoms. The lowest BCUT2D eigenvalue weighted by atomic mass is 10.3. The predicted molar refractivity (Wildman–Crippen MR) is 97.9 cm³/mol. The molecule has 0 aliphatic heterocycles. The molecule has 0 aliphatic rings. The highest BCUT2D eigenvalue weighted by atomic mass is 32.2. The van der Waals surface area contributed by atoms with Gasteiger partial charge in [-0.2, -0.15) is 0 Å². The molecule has 0 saturated carbocycles. The summed E-state index contributed by atoms with van der Waals surface area (Å²) in [4.78, 5) is 24.8. The molecule has 5 heteroatoms. The van der Waals surface area contributed by atoms with Gasteiger partial charge < -0.3 is 9.47 Å². The fourth-order valence-electron chi connectivity index (χ4n) is 1.86. The highest BCUT2D eigenvalue weighted by molar-refractivity contribution is 7.99. The summed E-state index contributed by atoms with van der Waals surface area (Å²) < 4.78 is 10.3. The number of rotatable bonds is 6. The third-order valence-electron chi connectivity index (χ3n) is 2.93. The molecule has 0 atom stereocenters. The fourth-order valence-corrected chi connectivity index (χ4v) is 2.68. The zero-order chi connectivity index (χ0) is 18.1. The van der Waals surface area contributed by atoms with Crippen LogP contribution in [-0.2, 0) is 9.59 Å². The summed E-state index contributed by atoms with van der Waals surface area (Å²) in [6.07, 6.45) is 6.00. The molecule has 0 amide bonds. The SMILES string of the molecule is CC=CC(=O)Oc1ccc(Sc2ccc(OC(=O)C=CC)cc2)cc1. The van der Waals surface area contributed by atoms with E-state index in [2.05, 4.69) is 0 Å². The van der Waals surface area contributed by atoms with Crippen LogP contribution in [0.5, 0.6) is 11.5 Å². The summed E-state index contributed by atoms with van der Waals surface area (Å²) in [5.74, 6) is 0.203. The summed E-state index contributed by atoms with van der Waals surface area (Å²) >= 11 is 1.55. The second kappa shape index (κ2) is 9.49. The smallest absolute Gasteiger partial charge is 0.335 e. The van der Waals surface area contributed by atoms with Gasteiger partial charge in [0, 0.05) is 21.9 Å². The van der Waals surface area contributed by atoms with Gasteiger partial charge in [-0.25, -0.2) is 9.59 Å². The Morgan fingerprint density at radius 3 is 1.40 bits per heavy atom. The summed E-state index contributed by atoms with van der Waals surface area (Å²) in [6, 6.07) is 14.5. The molecule has 0 aliphatic carbocycles. The standard InChI is InChI=1S/C20H18O4S/c1-3-5-19(21)23-15-7-11-17(12-8-15)25-18-13-9-16(10-14-18)24-20(22)6-4-2/h3-14H,1-2H3. The normalized spacial score (nSPS) is 11.0. The van der Waals surface area contributed by atoms with Crippen LogP contribution >= 0.6 is 11.8 Å². The van der Waals surface area contributed by atoms with Gasteiger partial charge in [0.15, 0.2) is 0 Å². The summed E-state index contributed by atoms with van der Waals surface area (Å²) in [5, 5.41) is 0. The van der Waals surface area contributed by atoms with E-state index in [0.29, 0.717) is 11.5 Å². The highest BCUT2D eigenvalue weighted by Gasteiger charge is 2.03. The molecule has 0 saturated heterocycles. The molecule has 0 unspecified atom stereocenters. The Morgan fingerprint density at radius 2 is 1.08 bits per heavy atom. The predicted octanol–water partition coefficient (Wildman–Crippen LogP) is 4.80. The Balaban J connectivity index is 1.95. The lowest BCUT2D eigenvalue weighted by Crippen LogP contribution is -2.03. The number of hydrogen-bond acceptors (Lipinski definition) is 5. The van der Waals surface area contributed by atoms with Gasteiger partial charge >= 0.3 is 11.9 Å². The lowest BCUT2D eigenvalue weighted by molar-refractivity contribution is -0.129. The molecular weight excluding hydrogens is 336 g/mol. The number of ether oxygens (including phenoxy) is 2. The summed E-state index contributed by atoms with van der Waals surface area (Å²) in [6.45, 7) is 3.52. The molecule has 2 aromatic carbocycles. The van der Waals surface area contributed by atoms with Crippen LogP contribution in [-0.4, -0.2) is 11.9 Å². The van der Waals surface area contributed by atoms with Gasteiger partial charge in [0.1, 0.15) is 11.5 Å². The van der Waals surface area contributed by atoms with Gasteiger partial charge in [-0.1, -0.05) is 23.9 Å². The lowest BCUT2D eigenvalue weighted by Gasteiger charge is -2.05. The summed E-state index contributed by atoms with van der Waals surface area (Å²) in [5.41, 5.74) is 0. The first kappa shape index (κ1) is 18.5. The van der Waals surface area contributed by atoms with Gasteiger partial charge in [0.05, 0.1) is 0 Å². The van der Waals surface area contributed by atoms with Gasteiger partial charge in [-0.05, 0) is 62.4 Å². The molecule has 0 aromatic heterocycles. The third-order valence-corrected chi connectivity index (χ3v) is 3.94. The monoisotopic (exact) mass is 354 g/mol. The van der Waals surface area contributed by atoms with Crippen molar-refractivity contribution < 1.29 is 19.1 Å². The van der Waals surface area contributed by atoms with Crippen LogP contribution in [0.25, 0.3) is 0 Å². The first-order valence-corrected chi connectivity index (χ1v) is 8.49.